The predicted molar refractivity (Wildman–Crippen MR) is 97.8 cm³/mol. The number of hydrogen-bond acceptors (Lipinski definition) is 2. The van der Waals surface area contributed by atoms with Crippen LogP contribution in [-0.2, 0) is 0 Å². The molecule has 3 rings (SSSR count). The molecule has 0 aliphatic carbocycles. The summed E-state index contributed by atoms with van der Waals surface area (Å²) in [5.41, 5.74) is 1.65. The van der Waals surface area contributed by atoms with Gasteiger partial charge in [-0.25, -0.2) is 0 Å². The molecule has 0 aromatic heterocycles. The van der Waals surface area contributed by atoms with Gasteiger partial charge in [-0.05, 0) is 0 Å². The van der Waals surface area contributed by atoms with Crippen LogP contribution in [0.1, 0.15) is 60.2 Å². The Balaban J connectivity index is 2.20. The fraction of sp³-hybridized carbons (Fsp3) is 0.400. The zero-order valence-corrected chi connectivity index (χ0v) is 16.1. The molecule has 2 aromatic rings. The van der Waals surface area contributed by atoms with E-state index in [9.17, 15) is 9.59 Å². The minimum absolute atomic E-state index is 0.237. The van der Waals surface area contributed by atoms with Crippen molar-refractivity contribution in [1.29, 1.82) is 0 Å². The van der Waals surface area contributed by atoms with E-state index in [-0.39, 0.29) is 9.23 Å². The second kappa shape index (κ2) is 6.60. The Morgan fingerprint density at radius 2 is 1.26 bits per heavy atom. The first-order valence-electron chi connectivity index (χ1n) is 8.77. The number of unbranched alkanes of at least 4 members (excludes halogenated alkanes) is 2. The first kappa shape index (κ1) is 16.4. The zero-order valence-electron chi connectivity index (χ0n) is 14.0. The van der Waals surface area contributed by atoms with Crippen LogP contribution in [0.4, 0.5) is 0 Å². The molecule has 1 aliphatic heterocycles. The molecule has 0 N–H and O–H groups in total. The second-order valence-corrected chi connectivity index (χ2v) is 15.2. The van der Waals surface area contributed by atoms with Crippen LogP contribution in [0.3, 0.4) is 0 Å². The Kier molecular flexibility index (Phi) is 4.72. The zero-order chi connectivity index (χ0) is 16.4. The molecule has 0 fully saturated rings. The quantitative estimate of drug-likeness (QED) is 0.644. The van der Waals surface area contributed by atoms with Gasteiger partial charge in [-0.3, -0.25) is 0 Å². The van der Waals surface area contributed by atoms with Gasteiger partial charge in [0.2, 0.25) is 0 Å². The van der Waals surface area contributed by atoms with E-state index < -0.39 is 13.3 Å². The molecule has 0 radical (unpaired) electrons. The molecule has 3 heteroatoms. The van der Waals surface area contributed by atoms with Crippen LogP contribution in [0.5, 0.6) is 0 Å². The summed E-state index contributed by atoms with van der Waals surface area (Å²) in [6.07, 6.45) is 4.09. The number of benzene rings is 2. The Labute approximate surface area is 140 Å². The molecule has 2 nitrogen and oxygen atoms in total. The molecule has 0 saturated heterocycles. The van der Waals surface area contributed by atoms with Crippen molar-refractivity contribution in [3.63, 3.8) is 0 Å². The number of carbonyl (C=O) groups excluding carboxylic acids is 2. The van der Waals surface area contributed by atoms with E-state index in [1.807, 2.05) is 36.4 Å². The van der Waals surface area contributed by atoms with Crippen LogP contribution < -0.4 is 0 Å². The third kappa shape index (κ3) is 2.57. The van der Waals surface area contributed by atoms with Crippen LogP contribution >= 0.6 is 0 Å². The molecule has 0 atom stereocenters. The Morgan fingerprint density at radius 3 is 1.70 bits per heavy atom. The van der Waals surface area contributed by atoms with Crippen LogP contribution in [0, 0.1) is 0 Å². The summed E-state index contributed by atoms with van der Waals surface area (Å²) in [6.45, 7) is 4.28. The van der Waals surface area contributed by atoms with Crippen LogP contribution in [-0.4, -0.2) is 22.5 Å². The van der Waals surface area contributed by atoms with E-state index in [0.29, 0.717) is 0 Å². The van der Waals surface area contributed by atoms with Crippen LogP contribution in [0.15, 0.2) is 36.4 Å². The standard InChI is InChI=1S/C20H24GeO2/c1-3-5-13-21(14-6-4-2)19(22)16-11-7-9-15-10-8-12-17(18(15)16)20(21)23/h7-12H,3-6,13-14H2,1-2H3. The summed E-state index contributed by atoms with van der Waals surface area (Å²) < 4.78 is 0.474. The maximum atomic E-state index is 13.4. The van der Waals surface area contributed by atoms with E-state index >= 15 is 0 Å². The average molecular weight is 369 g/mol. The van der Waals surface area contributed by atoms with Crippen molar-refractivity contribution in [3.8, 4) is 0 Å². The summed E-state index contributed by atoms with van der Waals surface area (Å²) in [7, 11) is 0. The summed E-state index contributed by atoms with van der Waals surface area (Å²) in [6, 6.07) is 11.8. The summed E-state index contributed by atoms with van der Waals surface area (Å²) in [4.78, 5) is 26.8. The van der Waals surface area contributed by atoms with Gasteiger partial charge in [0.05, 0.1) is 0 Å². The van der Waals surface area contributed by atoms with Gasteiger partial charge in [-0.15, -0.1) is 0 Å². The van der Waals surface area contributed by atoms with Crippen molar-refractivity contribution in [3.05, 3.63) is 47.5 Å². The van der Waals surface area contributed by atoms with Crippen molar-refractivity contribution in [2.45, 2.75) is 50.0 Å². The molecular formula is C20H24GeO2. The van der Waals surface area contributed by atoms with Gasteiger partial charge in [-0.2, -0.15) is 0 Å². The molecule has 0 bridgehead atoms. The Bertz CT molecular complexity index is 703. The van der Waals surface area contributed by atoms with Crippen LogP contribution in [0.25, 0.3) is 10.8 Å². The average Bonchev–Trinajstić information content (AvgIpc) is 2.59. The molecule has 1 heterocycles. The third-order valence-electron chi connectivity index (χ3n) is 5.18. The van der Waals surface area contributed by atoms with E-state index in [2.05, 4.69) is 13.8 Å². The Hall–Kier alpha value is -1.42. The Morgan fingerprint density at radius 1 is 0.783 bits per heavy atom. The molecule has 0 unspecified atom stereocenters. The topological polar surface area (TPSA) is 34.1 Å². The van der Waals surface area contributed by atoms with E-state index in [0.717, 1.165) is 58.1 Å². The first-order valence-corrected chi connectivity index (χ1v) is 13.8. The number of hydrogen-bond donors (Lipinski definition) is 0. The van der Waals surface area contributed by atoms with Gasteiger partial charge in [0.1, 0.15) is 0 Å². The first-order chi connectivity index (χ1) is 11.2. The fourth-order valence-electron chi connectivity index (χ4n) is 3.87. The fourth-order valence-corrected chi connectivity index (χ4v) is 13.8. The maximum absolute atomic E-state index is 13.4. The van der Waals surface area contributed by atoms with Crippen molar-refractivity contribution < 1.29 is 9.59 Å². The molecule has 23 heavy (non-hydrogen) atoms. The van der Waals surface area contributed by atoms with Gasteiger partial charge in [-0.1, -0.05) is 0 Å². The minimum atomic E-state index is -3.26. The van der Waals surface area contributed by atoms with Crippen LogP contribution in [0.2, 0.25) is 10.5 Å². The van der Waals surface area contributed by atoms with E-state index in [1.54, 1.807) is 0 Å². The van der Waals surface area contributed by atoms with Crippen molar-refractivity contribution >= 4 is 33.3 Å². The molecule has 0 amide bonds. The third-order valence-corrected chi connectivity index (χ3v) is 15.0. The molecule has 1 aliphatic rings. The van der Waals surface area contributed by atoms with E-state index in [1.165, 1.54) is 0 Å². The normalized spacial score (nSPS) is 16.1. The van der Waals surface area contributed by atoms with Gasteiger partial charge in [0.25, 0.3) is 0 Å². The molecule has 2 aromatic carbocycles. The van der Waals surface area contributed by atoms with Gasteiger partial charge in [0.15, 0.2) is 0 Å². The van der Waals surface area contributed by atoms with E-state index in [4.69, 9.17) is 0 Å². The number of carbonyl (C=O) groups is 2. The molecule has 0 saturated carbocycles. The summed E-state index contributed by atoms with van der Waals surface area (Å²) in [5, 5.41) is 3.64. The SMILES string of the molecule is CCC[CH2][Ge]1([CH2]CCC)[C](=O)c2cccc3cccc(c23)[C]1=O. The molecule has 0 spiro atoms. The van der Waals surface area contributed by atoms with Gasteiger partial charge < -0.3 is 0 Å². The number of rotatable bonds is 6. The molecule has 120 valence electrons. The monoisotopic (exact) mass is 370 g/mol. The second-order valence-electron chi connectivity index (χ2n) is 6.66. The summed E-state index contributed by atoms with van der Waals surface area (Å²) >= 11 is -3.26. The van der Waals surface area contributed by atoms with Crippen molar-refractivity contribution in [2.24, 2.45) is 0 Å². The van der Waals surface area contributed by atoms with Gasteiger partial charge in [0, 0.05) is 0 Å². The molecular weight excluding hydrogens is 345 g/mol. The van der Waals surface area contributed by atoms with Crippen molar-refractivity contribution in [1.82, 2.24) is 0 Å². The predicted octanol–water partition coefficient (Wildman–Crippen LogP) is 5.35. The summed E-state index contributed by atoms with van der Waals surface area (Å²) in [5.74, 6) is 0. The van der Waals surface area contributed by atoms with Gasteiger partial charge >= 0.3 is 140 Å². The van der Waals surface area contributed by atoms with Crippen molar-refractivity contribution in [2.75, 3.05) is 0 Å².